The monoisotopic (exact) mass is 195 g/mol. The summed E-state index contributed by atoms with van der Waals surface area (Å²) in [6.07, 6.45) is 3.30. The molecule has 0 heterocycles. The highest BCUT2D eigenvalue weighted by Gasteiger charge is 2.25. The van der Waals surface area contributed by atoms with E-state index in [0.717, 1.165) is 19.3 Å². The minimum atomic E-state index is -4.29. The quantitative estimate of drug-likeness (QED) is 0.678. The lowest BCUT2D eigenvalue weighted by atomic mass is 10.0. The maximum atomic E-state index is 12.1. The van der Waals surface area contributed by atoms with E-state index in [1.807, 2.05) is 0 Å². The molecule has 72 valence electrons. The first-order chi connectivity index (χ1) is 5.49. The van der Waals surface area contributed by atoms with Crippen LogP contribution in [0.25, 0.3) is 0 Å². The van der Waals surface area contributed by atoms with Crippen molar-refractivity contribution in [3.63, 3.8) is 0 Å². The summed E-state index contributed by atoms with van der Waals surface area (Å²) in [6.45, 7) is 0. The van der Waals surface area contributed by atoms with Crippen molar-refractivity contribution in [2.75, 3.05) is 5.75 Å². The number of hydrogen-bond donors (Lipinski definition) is 1. The number of rotatable bonds is 3. The van der Waals surface area contributed by atoms with E-state index in [9.17, 15) is 12.3 Å². The van der Waals surface area contributed by atoms with Crippen LogP contribution < -0.4 is 5.73 Å². The maximum Gasteiger partial charge on any atom is 0.302 e. The molecule has 0 radical (unpaired) electrons. The molecule has 1 aliphatic carbocycles. The topological polar surface area (TPSA) is 60.2 Å². The zero-order valence-electron chi connectivity index (χ0n) is 6.87. The Morgan fingerprint density at radius 2 is 2.08 bits per heavy atom. The second-order valence-corrected chi connectivity index (χ2v) is 4.87. The molecule has 1 fully saturated rings. The number of nitrogens with two attached hydrogens (primary N) is 1. The van der Waals surface area contributed by atoms with Gasteiger partial charge in [0.2, 0.25) is 0 Å². The third-order valence-electron chi connectivity index (χ3n) is 2.45. The molecule has 1 rings (SSSR count). The van der Waals surface area contributed by atoms with Gasteiger partial charge in [0, 0.05) is 6.04 Å². The third kappa shape index (κ3) is 3.06. The van der Waals surface area contributed by atoms with Crippen LogP contribution in [0, 0.1) is 5.92 Å². The average molecular weight is 195 g/mol. The van der Waals surface area contributed by atoms with Crippen LogP contribution in [0.15, 0.2) is 0 Å². The number of hydrogen-bond acceptors (Lipinski definition) is 3. The molecule has 2 unspecified atom stereocenters. The Morgan fingerprint density at radius 3 is 2.50 bits per heavy atom. The van der Waals surface area contributed by atoms with Crippen LogP contribution in [-0.2, 0) is 10.2 Å². The van der Waals surface area contributed by atoms with Crippen LogP contribution in [0.3, 0.4) is 0 Å². The van der Waals surface area contributed by atoms with Gasteiger partial charge in [-0.1, -0.05) is 6.42 Å². The number of halogens is 1. The summed E-state index contributed by atoms with van der Waals surface area (Å²) in [5, 5.41) is 0. The highest BCUT2D eigenvalue weighted by Crippen LogP contribution is 2.27. The normalized spacial score (nSPS) is 30.8. The van der Waals surface area contributed by atoms with Gasteiger partial charge in [-0.2, -0.15) is 8.42 Å². The zero-order valence-corrected chi connectivity index (χ0v) is 7.69. The van der Waals surface area contributed by atoms with E-state index in [1.165, 1.54) is 0 Å². The molecule has 3 nitrogen and oxygen atoms in total. The molecule has 0 spiro atoms. The first-order valence-electron chi connectivity index (χ1n) is 4.17. The van der Waals surface area contributed by atoms with E-state index in [4.69, 9.17) is 5.73 Å². The Labute approximate surface area is 72.3 Å². The molecule has 0 saturated heterocycles. The second kappa shape index (κ2) is 3.70. The summed E-state index contributed by atoms with van der Waals surface area (Å²) in [5.41, 5.74) is 5.69. The van der Waals surface area contributed by atoms with Gasteiger partial charge in [-0.05, 0) is 25.2 Å². The van der Waals surface area contributed by atoms with Crippen molar-refractivity contribution in [3.05, 3.63) is 0 Å². The van der Waals surface area contributed by atoms with Gasteiger partial charge in [0.25, 0.3) is 0 Å². The van der Waals surface area contributed by atoms with Crippen LogP contribution in [0.1, 0.15) is 25.7 Å². The first kappa shape index (κ1) is 9.92. The van der Waals surface area contributed by atoms with Gasteiger partial charge in [0.15, 0.2) is 0 Å². The highest BCUT2D eigenvalue weighted by atomic mass is 32.3. The van der Waals surface area contributed by atoms with Crippen LogP contribution in [0.4, 0.5) is 3.89 Å². The molecule has 1 saturated carbocycles. The van der Waals surface area contributed by atoms with Crippen LogP contribution in [0.2, 0.25) is 0 Å². The lowest BCUT2D eigenvalue weighted by molar-refractivity contribution is 0.459. The Morgan fingerprint density at radius 1 is 1.42 bits per heavy atom. The van der Waals surface area contributed by atoms with Crippen molar-refractivity contribution >= 4 is 10.2 Å². The molecule has 0 aromatic rings. The molecule has 0 aromatic carbocycles. The lowest BCUT2D eigenvalue weighted by Crippen LogP contribution is -2.25. The second-order valence-electron chi connectivity index (χ2n) is 3.39. The molecule has 0 bridgehead atoms. The molecular formula is C7H14FNO2S. The van der Waals surface area contributed by atoms with E-state index >= 15 is 0 Å². The summed E-state index contributed by atoms with van der Waals surface area (Å²) in [4.78, 5) is 0. The average Bonchev–Trinajstić information content (AvgIpc) is 2.29. The Balaban J connectivity index is 2.32. The Kier molecular flexibility index (Phi) is 3.06. The molecule has 2 N–H and O–H groups in total. The van der Waals surface area contributed by atoms with Crippen molar-refractivity contribution in [1.82, 2.24) is 0 Å². The molecule has 1 aliphatic rings. The van der Waals surface area contributed by atoms with Crippen molar-refractivity contribution in [2.45, 2.75) is 31.7 Å². The largest absolute Gasteiger partial charge is 0.327 e. The van der Waals surface area contributed by atoms with Crippen molar-refractivity contribution in [2.24, 2.45) is 11.7 Å². The van der Waals surface area contributed by atoms with Gasteiger partial charge >= 0.3 is 10.2 Å². The van der Waals surface area contributed by atoms with Crippen LogP contribution in [-0.4, -0.2) is 20.2 Å². The lowest BCUT2D eigenvalue weighted by Gasteiger charge is -2.12. The molecule has 2 atom stereocenters. The van der Waals surface area contributed by atoms with Gasteiger partial charge in [-0.3, -0.25) is 0 Å². The van der Waals surface area contributed by atoms with E-state index in [2.05, 4.69) is 0 Å². The van der Waals surface area contributed by atoms with Crippen LogP contribution >= 0.6 is 0 Å². The van der Waals surface area contributed by atoms with E-state index in [0.29, 0.717) is 6.42 Å². The first-order valence-corrected chi connectivity index (χ1v) is 5.72. The molecular weight excluding hydrogens is 181 g/mol. The van der Waals surface area contributed by atoms with Gasteiger partial charge in [0.05, 0.1) is 5.75 Å². The van der Waals surface area contributed by atoms with Gasteiger partial charge in [-0.15, -0.1) is 3.89 Å². The Bertz CT molecular complexity index is 240. The molecule has 0 amide bonds. The summed E-state index contributed by atoms with van der Waals surface area (Å²) < 4.78 is 32.5. The van der Waals surface area contributed by atoms with Crippen molar-refractivity contribution in [1.29, 1.82) is 0 Å². The minimum absolute atomic E-state index is 0.0757. The molecule has 0 aliphatic heterocycles. The summed E-state index contributed by atoms with van der Waals surface area (Å²) >= 11 is 0. The Hall–Kier alpha value is -0.160. The van der Waals surface area contributed by atoms with Crippen molar-refractivity contribution in [3.8, 4) is 0 Å². The summed E-state index contributed by atoms with van der Waals surface area (Å²) in [6, 6.07) is 0.0757. The molecule has 0 aromatic heterocycles. The minimum Gasteiger partial charge on any atom is -0.327 e. The maximum absolute atomic E-state index is 12.1. The van der Waals surface area contributed by atoms with E-state index in [1.54, 1.807) is 0 Å². The smallest absolute Gasteiger partial charge is 0.302 e. The predicted molar refractivity (Wildman–Crippen MR) is 44.8 cm³/mol. The van der Waals surface area contributed by atoms with Crippen molar-refractivity contribution < 1.29 is 12.3 Å². The van der Waals surface area contributed by atoms with Gasteiger partial charge in [-0.25, -0.2) is 0 Å². The fraction of sp³-hybridized carbons (Fsp3) is 1.00. The fourth-order valence-electron chi connectivity index (χ4n) is 1.72. The third-order valence-corrected chi connectivity index (χ3v) is 3.17. The molecule has 5 heteroatoms. The SMILES string of the molecule is NC1CCCC1CCS(=O)(=O)F. The van der Waals surface area contributed by atoms with Crippen LogP contribution in [0.5, 0.6) is 0 Å². The van der Waals surface area contributed by atoms with Gasteiger partial charge < -0.3 is 5.73 Å². The molecule has 12 heavy (non-hydrogen) atoms. The van der Waals surface area contributed by atoms with Gasteiger partial charge in [0.1, 0.15) is 0 Å². The summed E-state index contributed by atoms with van der Waals surface area (Å²) in [7, 11) is -4.29. The van der Waals surface area contributed by atoms with E-state index < -0.39 is 10.2 Å². The summed E-state index contributed by atoms with van der Waals surface area (Å²) in [5.74, 6) is -0.165. The standard InChI is InChI=1S/C7H14FNO2S/c8-12(10,11)5-4-6-2-1-3-7(6)9/h6-7H,1-5,9H2. The highest BCUT2D eigenvalue weighted by molar-refractivity contribution is 7.86. The van der Waals surface area contributed by atoms with E-state index in [-0.39, 0.29) is 17.7 Å². The zero-order chi connectivity index (χ0) is 9.19. The fourth-order valence-corrected chi connectivity index (χ4v) is 2.30. The predicted octanol–water partition coefficient (Wildman–Crippen LogP) is 0.803.